The number of hydrogen-bond acceptors (Lipinski definition) is 7. The van der Waals surface area contributed by atoms with E-state index in [1.165, 1.54) is 11.3 Å². The number of thiazole rings is 1. The normalized spacial score (nSPS) is 18.7. The summed E-state index contributed by atoms with van der Waals surface area (Å²) in [4.78, 5) is 31.7. The maximum absolute atomic E-state index is 15.0. The first-order chi connectivity index (χ1) is 13.6. The Bertz CT molecular complexity index is 754. The number of aromatic nitrogens is 1. The number of hydrogen-bond donors (Lipinski definition) is 1. The van der Waals surface area contributed by atoms with Gasteiger partial charge in [-0.1, -0.05) is 11.3 Å². The second kappa shape index (κ2) is 8.43. The lowest BCUT2D eigenvalue weighted by Gasteiger charge is -2.31. The quantitative estimate of drug-likeness (QED) is 0.742. The molecule has 1 saturated heterocycles. The highest BCUT2D eigenvalue weighted by molar-refractivity contribution is 7.16. The van der Waals surface area contributed by atoms with Crippen LogP contribution in [0, 0.1) is 0 Å². The third-order valence-corrected chi connectivity index (χ3v) is 6.11. The van der Waals surface area contributed by atoms with E-state index in [0.717, 1.165) is 11.4 Å². The summed E-state index contributed by atoms with van der Waals surface area (Å²) in [6, 6.07) is 0. The van der Waals surface area contributed by atoms with E-state index in [0.29, 0.717) is 49.2 Å². The average molecular weight is 429 g/mol. The standard InChI is InChI=1S/C19H29FN4O4S/c1-5-24(17(26)28-18(2,3)4)22-14(25)13-15(23-9-11-27-12-10-23)29-16(21-13)19(20)7-6-8-19/h5-12H2,1-4H3,(H,22,25). The number of amides is 2. The molecule has 1 aliphatic carbocycles. The molecule has 0 aromatic carbocycles. The van der Waals surface area contributed by atoms with Crippen LogP contribution in [-0.4, -0.2) is 60.4 Å². The van der Waals surface area contributed by atoms with Gasteiger partial charge >= 0.3 is 6.09 Å². The lowest BCUT2D eigenvalue weighted by molar-refractivity contribution is 0.0145. The number of carbonyl (C=O) groups excluding carboxylic acids is 2. The highest BCUT2D eigenvalue weighted by Gasteiger charge is 2.43. The Morgan fingerprint density at radius 2 is 2.00 bits per heavy atom. The number of nitrogens with one attached hydrogen (secondary N) is 1. The van der Waals surface area contributed by atoms with Crippen molar-refractivity contribution in [1.82, 2.24) is 15.4 Å². The van der Waals surface area contributed by atoms with Crippen LogP contribution in [-0.2, 0) is 15.1 Å². The van der Waals surface area contributed by atoms with E-state index in [1.54, 1.807) is 27.7 Å². The molecule has 1 saturated carbocycles. The number of hydrazine groups is 1. The molecule has 0 radical (unpaired) electrons. The van der Waals surface area contributed by atoms with Crippen LogP contribution < -0.4 is 10.3 Å². The third kappa shape index (κ3) is 4.98. The molecule has 0 spiro atoms. The van der Waals surface area contributed by atoms with Crippen molar-refractivity contribution in [3.63, 3.8) is 0 Å². The van der Waals surface area contributed by atoms with E-state index in [2.05, 4.69) is 10.4 Å². The van der Waals surface area contributed by atoms with Gasteiger partial charge in [0, 0.05) is 19.6 Å². The third-order valence-electron chi connectivity index (χ3n) is 4.82. The molecular formula is C19H29FN4O4S. The van der Waals surface area contributed by atoms with Gasteiger partial charge < -0.3 is 14.4 Å². The minimum Gasteiger partial charge on any atom is -0.442 e. The molecule has 1 aliphatic heterocycles. The predicted molar refractivity (Wildman–Crippen MR) is 108 cm³/mol. The molecule has 1 aromatic heterocycles. The Morgan fingerprint density at radius 3 is 2.52 bits per heavy atom. The molecule has 1 N–H and O–H groups in total. The molecule has 29 heavy (non-hydrogen) atoms. The monoisotopic (exact) mass is 428 g/mol. The van der Waals surface area contributed by atoms with Gasteiger partial charge in [0.1, 0.15) is 15.6 Å². The van der Waals surface area contributed by atoms with Crippen LogP contribution in [0.25, 0.3) is 0 Å². The molecule has 3 rings (SSSR count). The fourth-order valence-corrected chi connectivity index (χ4v) is 4.33. The molecule has 0 unspecified atom stereocenters. The molecule has 0 bridgehead atoms. The van der Waals surface area contributed by atoms with Crippen molar-refractivity contribution in [2.24, 2.45) is 0 Å². The fraction of sp³-hybridized carbons (Fsp3) is 0.737. The second-order valence-corrected chi connectivity index (χ2v) is 9.23. The van der Waals surface area contributed by atoms with Crippen LogP contribution in [0.4, 0.5) is 14.2 Å². The lowest BCUT2D eigenvalue weighted by Crippen LogP contribution is -2.48. The smallest absolute Gasteiger partial charge is 0.429 e. The van der Waals surface area contributed by atoms with Crippen molar-refractivity contribution in [1.29, 1.82) is 0 Å². The van der Waals surface area contributed by atoms with E-state index in [9.17, 15) is 14.0 Å². The van der Waals surface area contributed by atoms with Crippen LogP contribution in [0.2, 0.25) is 0 Å². The van der Waals surface area contributed by atoms with E-state index < -0.39 is 23.3 Å². The summed E-state index contributed by atoms with van der Waals surface area (Å²) in [6.45, 7) is 9.48. The van der Waals surface area contributed by atoms with Crippen LogP contribution in [0.5, 0.6) is 0 Å². The van der Waals surface area contributed by atoms with Crippen LogP contribution >= 0.6 is 11.3 Å². The molecule has 2 heterocycles. The summed E-state index contributed by atoms with van der Waals surface area (Å²) in [5.41, 5.74) is 0.560. The van der Waals surface area contributed by atoms with Gasteiger partial charge in [0.2, 0.25) is 0 Å². The summed E-state index contributed by atoms with van der Waals surface area (Å²) in [7, 11) is 0. The first-order valence-corrected chi connectivity index (χ1v) is 10.8. The molecule has 2 amide bonds. The van der Waals surface area contributed by atoms with E-state index in [4.69, 9.17) is 9.47 Å². The highest BCUT2D eigenvalue weighted by atomic mass is 32.1. The minimum atomic E-state index is -1.46. The highest BCUT2D eigenvalue weighted by Crippen LogP contribution is 2.48. The number of anilines is 1. The van der Waals surface area contributed by atoms with Crippen molar-refractivity contribution in [3.05, 3.63) is 10.7 Å². The van der Waals surface area contributed by atoms with Crippen molar-refractivity contribution >= 4 is 28.3 Å². The molecule has 2 aliphatic rings. The number of halogens is 1. The Kier molecular flexibility index (Phi) is 6.33. The number of nitrogens with zero attached hydrogens (tertiary/aromatic N) is 3. The van der Waals surface area contributed by atoms with E-state index in [-0.39, 0.29) is 12.2 Å². The Hall–Kier alpha value is -1.94. The SMILES string of the molecule is CCN(NC(=O)c1nc(C2(F)CCC2)sc1N1CCOCC1)C(=O)OC(C)(C)C. The van der Waals surface area contributed by atoms with E-state index in [1.807, 2.05) is 4.90 Å². The van der Waals surface area contributed by atoms with Gasteiger partial charge in [0.05, 0.1) is 13.2 Å². The van der Waals surface area contributed by atoms with Gasteiger partial charge in [0.25, 0.3) is 5.91 Å². The van der Waals surface area contributed by atoms with Gasteiger partial charge in [-0.05, 0) is 47.0 Å². The number of morpholine rings is 1. The zero-order valence-electron chi connectivity index (χ0n) is 17.4. The lowest BCUT2D eigenvalue weighted by atomic mass is 9.83. The van der Waals surface area contributed by atoms with Crippen molar-refractivity contribution in [2.45, 2.75) is 58.2 Å². The summed E-state index contributed by atoms with van der Waals surface area (Å²) in [6.07, 6.45) is 0.997. The molecule has 8 nitrogen and oxygen atoms in total. The van der Waals surface area contributed by atoms with Crippen LogP contribution in [0.3, 0.4) is 0 Å². The molecular weight excluding hydrogens is 399 g/mol. The topological polar surface area (TPSA) is 84.0 Å². The molecule has 162 valence electrons. The minimum absolute atomic E-state index is 0.137. The van der Waals surface area contributed by atoms with Gasteiger partial charge in [-0.15, -0.1) is 0 Å². The molecule has 10 heteroatoms. The predicted octanol–water partition coefficient (Wildman–Crippen LogP) is 3.23. The van der Waals surface area contributed by atoms with E-state index >= 15 is 0 Å². The fourth-order valence-electron chi connectivity index (χ4n) is 3.08. The Balaban J connectivity index is 1.83. The Labute approximate surface area is 174 Å². The number of ether oxygens (including phenoxy) is 2. The first-order valence-electron chi connectivity index (χ1n) is 9.97. The summed E-state index contributed by atoms with van der Waals surface area (Å²) >= 11 is 1.22. The largest absolute Gasteiger partial charge is 0.442 e. The summed E-state index contributed by atoms with van der Waals surface area (Å²) in [5, 5.41) is 2.05. The van der Waals surface area contributed by atoms with Crippen molar-refractivity contribution in [2.75, 3.05) is 37.7 Å². The van der Waals surface area contributed by atoms with Crippen LogP contribution in [0.1, 0.15) is 62.5 Å². The maximum Gasteiger partial charge on any atom is 0.429 e. The summed E-state index contributed by atoms with van der Waals surface area (Å²) in [5.74, 6) is -0.551. The number of carbonyl (C=O) groups is 2. The average Bonchev–Trinajstić information content (AvgIpc) is 3.09. The number of alkyl halides is 1. The zero-order chi connectivity index (χ0) is 21.2. The van der Waals surface area contributed by atoms with Crippen molar-refractivity contribution < 1.29 is 23.5 Å². The zero-order valence-corrected chi connectivity index (χ0v) is 18.2. The van der Waals surface area contributed by atoms with Gasteiger partial charge in [-0.3, -0.25) is 10.2 Å². The van der Waals surface area contributed by atoms with Gasteiger partial charge in [-0.2, -0.15) is 0 Å². The van der Waals surface area contributed by atoms with Crippen LogP contribution in [0.15, 0.2) is 0 Å². The van der Waals surface area contributed by atoms with Gasteiger partial charge in [0.15, 0.2) is 11.4 Å². The second-order valence-electron chi connectivity index (χ2n) is 8.26. The van der Waals surface area contributed by atoms with Crippen molar-refractivity contribution in [3.8, 4) is 0 Å². The maximum atomic E-state index is 15.0. The summed E-state index contributed by atoms with van der Waals surface area (Å²) < 4.78 is 25.7. The van der Waals surface area contributed by atoms with Gasteiger partial charge in [-0.25, -0.2) is 19.2 Å². The Morgan fingerprint density at radius 1 is 1.34 bits per heavy atom. The molecule has 2 fully saturated rings. The number of rotatable bonds is 4. The first kappa shape index (κ1) is 21.8. The molecule has 0 atom stereocenters. The molecule has 1 aromatic rings.